The Labute approximate surface area is 260 Å². The van der Waals surface area contributed by atoms with Crippen LogP contribution in [0.15, 0.2) is 70.0 Å². The summed E-state index contributed by atoms with van der Waals surface area (Å²) in [4.78, 5) is 23.5. The van der Waals surface area contributed by atoms with Crippen LogP contribution in [-0.2, 0) is 14.1 Å². The number of amides is 1. The summed E-state index contributed by atoms with van der Waals surface area (Å²) in [5.74, 6) is 2.47. The van der Waals surface area contributed by atoms with E-state index in [1.54, 1.807) is 4.90 Å². The van der Waals surface area contributed by atoms with Gasteiger partial charge in [0.05, 0.1) is 23.2 Å². The Balaban J connectivity index is 0.000000185. The van der Waals surface area contributed by atoms with Crippen LogP contribution in [0.25, 0.3) is 23.0 Å². The molecule has 2 aliphatic rings. The number of benzene rings is 1. The summed E-state index contributed by atoms with van der Waals surface area (Å²) in [5.41, 5.74) is 2.36. The predicted molar refractivity (Wildman–Crippen MR) is 164 cm³/mol. The van der Waals surface area contributed by atoms with Crippen LogP contribution in [0, 0.1) is 5.82 Å². The Morgan fingerprint density at radius 3 is 2.00 bits per heavy atom. The van der Waals surface area contributed by atoms with Gasteiger partial charge in [-0.15, -0.1) is 12.4 Å². The fourth-order valence-corrected chi connectivity index (χ4v) is 5.60. The number of carbonyl (C=O) groups is 1. The van der Waals surface area contributed by atoms with E-state index in [1.165, 1.54) is 30.7 Å². The highest BCUT2D eigenvalue weighted by Crippen LogP contribution is 2.29. The number of hydrogen-bond donors (Lipinski definition) is 1. The molecular weight excluding hydrogens is 587 g/mol. The van der Waals surface area contributed by atoms with Crippen LogP contribution in [0.3, 0.4) is 0 Å². The third kappa shape index (κ3) is 6.92. The summed E-state index contributed by atoms with van der Waals surface area (Å²) in [7, 11) is 3.91. The maximum atomic E-state index is 13.1. The third-order valence-electron chi connectivity index (χ3n) is 8.02. The van der Waals surface area contributed by atoms with Crippen LogP contribution in [-0.4, -0.2) is 66.4 Å². The van der Waals surface area contributed by atoms with Crippen molar-refractivity contribution >= 4 is 18.3 Å². The van der Waals surface area contributed by atoms with Crippen LogP contribution < -0.4 is 5.32 Å². The molecule has 0 unspecified atom stereocenters. The molecule has 44 heavy (non-hydrogen) atoms. The van der Waals surface area contributed by atoms with E-state index >= 15 is 0 Å². The lowest BCUT2D eigenvalue weighted by molar-refractivity contribution is 0.0695. The summed E-state index contributed by atoms with van der Waals surface area (Å²) in [6.45, 7) is 3.22. The molecule has 2 fully saturated rings. The average Bonchev–Trinajstić information content (AvgIpc) is 3.86. The standard InChI is InChI=1S/C19H19FN4O2.C12H16N4O.ClH/c1-23-10-3-5-16(23)17-21-18(26-22-17)14-4-2-11-24(12-14)19(25)13-6-8-15(20)9-7-13;1-16-7-3-5-10(16)11-14-12(17-15-11)9-4-2-6-13-8-9;/h3,5-10,14H,2,4,11-12H2,1H3;3,5,7,9,13H,2,4,6,8H2,1H3;1H/t14-;9-;/m00./s1. The number of halogens is 2. The zero-order valence-electron chi connectivity index (χ0n) is 24.7. The molecule has 1 N–H and O–H groups in total. The molecule has 2 saturated heterocycles. The number of nitrogens with zero attached hydrogens (tertiary/aromatic N) is 7. The molecule has 0 radical (unpaired) electrons. The minimum Gasteiger partial charge on any atom is -0.348 e. The summed E-state index contributed by atoms with van der Waals surface area (Å²) in [6.07, 6.45) is 7.96. The van der Waals surface area contributed by atoms with Crippen molar-refractivity contribution in [3.05, 3.63) is 84.1 Å². The van der Waals surface area contributed by atoms with Gasteiger partial charge in [0.2, 0.25) is 23.4 Å². The Morgan fingerprint density at radius 2 is 1.45 bits per heavy atom. The maximum absolute atomic E-state index is 13.1. The molecule has 5 aromatic rings. The van der Waals surface area contributed by atoms with Gasteiger partial charge in [0, 0.05) is 51.7 Å². The number of nitrogens with one attached hydrogen (secondary N) is 1. The van der Waals surface area contributed by atoms with Gasteiger partial charge in [0.25, 0.3) is 5.91 Å². The van der Waals surface area contributed by atoms with Crippen molar-refractivity contribution < 1.29 is 18.2 Å². The van der Waals surface area contributed by atoms with Crippen LogP contribution >= 0.6 is 12.4 Å². The average molecular weight is 623 g/mol. The van der Waals surface area contributed by atoms with E-state index in [2.05, 4.69) is 25.6 Å². The molecule has 11 nitrogen and oxygen atoms in total. The fraction of sp³-hybridized carbons (Fsp3) is 0.387. The summed E-state index contributed by atoms with van der Waals surface area (Å²) in [6, 6.07) is 13.5. The molecule has 7 rings (SSSR count). The van der Waals surface area contributed by atoms with Gasteiger partial charge >= 0.3 is 0 Å². The van der Waals surface area contributed by atoms with E-state index in [0.29, 0.717) is 42.1 Å². The van der Waals surface area contributed by atoms with Crippen molar-refractivity contribution in [3.8, 4) is 23.0 Å². The molecule has 2 atom stereocenters. The number of piperidine rings is 2. The Hall–Kier alpha value is -4.29. The summed E-state index contributed by atoms with van der Waals surface area (Å²) >= 11 is 0. The van der Waals surface area contributed by atoms with Crippen molar-refractivity contribution in [2.45, 2.75) is 37.5 Å². The predicted octanol–water partition coefficient (Wildman–Crippen LogP) is 5.20. The molecule has 0 spiro atoms. The topological polar surface area (TPSA) is 120 Å². The van der Waals surface area contributed by atoms with Gasteiger partial charge in [0.15, 0.2) is 0 Å². The number of rotatable bonds is 5. The van der Waals surface area contributed by atoms with Gasteiger partial charge in [-0.2, -0.15) is 9.97 Å². The van der Waals surface area contributed by atoms with E-state index in [4.69, 9.17) is 9.05 Å². The van der Waals surface area contributed by atoms with Crippen molar-refractivity contribution in [2.24, 2.45) is 14.1 Å². The highest BCUT2D eigenvalue weighted by atomic mass is 35.5. The van der Waals surface area contributed by atoms with E-state index in [1.807, 2.05) is 59.9 Å². The molecule has 4 aromatic heterocycles. The molecule has 0 aliphatic carbocycles. The SMILES string of the molecule is Cl.Cn1cccc1-c1noc([C@H]2CCCN(C(=O)c3ccc(F)cc3)C2)n1.Cn1cccc1-c1noc([C@H]2CCCNC2)n1. The number of aromatic nitrogens is 6. The monoisotopic (exact) mass is 622 g/mol. The molecule has 0 bridgehead atoms. The maximum Gasteiger partial charge on any atom is 0.253 e. The van der Waals surface area contributed by atoms with Gasteiger partial charge in [-0.05, 0) is 80.8 Å². The first kappa shape index (κ1) is 31.1. The molecule has 1 amide bonds. The van der Waals surface area contributed by atoms with Crippen molar-refractivity contribution in [2.75, 3.05) is 26.2 Å². The normalized spacial score (nSPS) is 18.3. The van der Waals surface area contributed by atoms with Crippen LogP contribution in [0.2, 0.25) is 0 Å². The lowest BCUT2D eigenvalue weighted by atomic mass is 9.97. The first-order valence-electron chi connectivity index (χ1n) is 14.6. The van der Waals surface area contributed by atoms with Gasteiger partial charge in [0.1, 0.15) is 5.82 Å². The summed E-state index contributed by atoms with van der Waals surface area (Å²) in [5, 5.41) is 11.5. The van der Waals surface area contributed by atoms with Crippen LogP contribution in [0.1, 0.15) is 59.7 Å². The number of hydrogen-bond acceptors (Lipinski definition) is 8. The lowest BCUT2D eigenvalue weighted by Gasteiger charge is -2.31. The van der Waals surface area contributed by atoms with E-state index in [9.17, 15) is 9.18 Å². The smallest absolute Gasteiger partial charge is 0.253 e. The Bertz CT molecular complexity index is 1650. The van der Waals surface area contributed by atoms with Gasteiger partial charge in [-0.25, -0.2) is 4.39 Å². The second kappa shape index (κ2) is 14.0. The Kier molecular flexibility index (Phi) is 9.91. The van der Waals surface area contributed by atoms with E-state index in [0.717, 1.165) is 49.6 Å². The molecule has 1 aromatic carbocycles. The van der Waals surface area contributed by atoms with Gasteiger partial charge in [-0.1, -0.05) is 10.3 Å². The fourth-order valence-electron chi connectivity index (χ4n) is 5.60. The van der Waals surface area contributed by atoms with Gasteiger partial charge in [-0.3, -0.25) is 4.79 Å². The van der Waals surface area contributed by atoms with E-state index in [-0.39, 0.29) is 30.0 Å². The zero-order chi connectivity index (χ0) is 29.8. The molecule has 13 heteroatoms. The highest BCUT2D eigenvalue weighted by Gasteiger charge is 2.29. The highest BCUT2D eigenvalue weighted by molar-refractivity contribution is 5.94. The van der Waals surface area contributed by atoms with Crippen molar-refractivity contribution in [1.82, 2.24) is 39.6 Å². The first-order chi connectivity index (χ1) is 21.0. The first-order valence-corrected chi connectivity index (χ1v) is 14.6. The number of likely N-dealkylation sites (tertiary alicyclic amines) is 1. The second-order valence-electron chi connectivity index (χ2n) is 11.1. The minimum atomic E-state index is -0.350. The molecule has 232 valence electrons. The quantitative estimate of drug-likeness (QED) is 0.284. The second-order valence-corrected chi connectivity index (χ2v) is 11.1. The van der Waals surface area contributed by atoms with Crippen LogP contribution in [0.4, 0.5) is 4.39 Å². The number of carbonyl (C=O) groups excluding carboxylic acids is 1. The Morgan fingerprint density at radius 1 is 0.864 bits per heavy atom. The summed E-state index contributed by atoms with van der Waals surface area (Å²) < 4.78 is 27.8. The largest absolute Gasteiger partial charge is 0.348 e. The zero-order valence-corrected chi connectivity index (χ0v) is 25.5. The molecule has 6 heterocycles. The van der Waals surface area contributed by atoms with Crippen molar-refractivity contribution in [1.29, 1.82) is 0 Å². The third-order valence-corrected chi connectivity index (χ3v) is 8.02. The van der Waals surface area contributed by atoms with Crippen molar-refractivity contribution in [3.63, 3.8) is 0 Å². The molecule has 2 aliphatic heterocycles. The molecular formula is C31H36ClFN8O3. The number of aryl methyl sites for hydroxylation is 2. The van der Waals surface area contributed by atoms with Gasteiger partial charge < -0.3 is 28.4 Å². The minimum absolute atomic E-state index is 0. The molecule has 0 saturated carbocycles. The lowest BCUT2D eigenvalue weighted by Crippen LogP contribution is -2.39. The van der Waals surface area contributed by atoms with E-state index < -0.39 is 0 Å². The van der Waals surface area contributed by atoms with Crippen LogP contribution in [0.5, 0.6) is 0 Å².